The van der Waals surface area contributed by atoms with Gasteiger partial charge in [-0.2, -0.15) is 0 Å². The maximum absolute atomic E-state index is 12.2. The molecule has 2 aromatic rings. The van der Waals surface area contributed by atoms with Gasteiger partial charge in [0, 0.05) is 23.4 Å². The Morgan fingerprint density at radius 2 is 1.82 bits per heavy atom. The number of hydrogen-bond donors (Lipinski definition) is 3. The van der Waals surface area contributed by atoms with Crippen molar-refractivity contribution in [2.45, 2.75) is 33.2 Å². The lowest BCUT2D eigenvalue weighted by Gasteiger charge is -2.12. The fraction of sp³-hybridized carbons (Fsp3) is 0.300. The van der Waals surface area contributed by atoms with E-state index in [-0.39, 0.29) is 35.4 Å². The van der Waals surface area contributed by atoms with Gasteiger partial charge in [0.15, 0.2) is 0 Å². The van der Waals surface area contributed by atoms with Crippen LogP contribution >= 0.6 is 0 Å². The third-order valence-corrected chi connectivity index (χ3v) is 3.99. The number of carbonyl (C=O) groups is 2. The highest BCUT2D eigenvalue weighted by atomic mass is 16.6. The Bertz CT molecular complexity index is 880. The monoisotopic (exact) mass is 384 g/mol. The number of carbonyl (C=O) groups excluding carboxylic acids is 2. The summed E-state index contributed by atoms with van der Waals surface area (Å²) in [5.41, 5.74) is 1.81. The largest absolute Gasteiger partial charge is 0.371 e. The number of rotatable bonds is 8. The van der Waals surface area contributed by atoms with E-state index in [1.807, 2.05) is 25.1 Å². The minimum absolute atomic E-state index is 0.0842. The Balaban J connectivity index is 2.09. The molecule has 0 atom stereocenters. The van der Waals surface area contributed by atoms with Gasteiger partial charge in [0.05, 0.1) is 11.5 Å². The molecule has 0 unspecified atom stereocenters. The van der Waals surface area contributed by atoms with E-state index in [2.05, 4.69) is 16.0 Å². The van der Waals surface area contributed by atoms with Crippen LogP contribution in [-0.2, 0) is 11.2 Å². The van der Waals surface area contributed by atoms with Gasteiger partial charge in [-0.25, -0.2) is 0 Å². The summed E-state index contributed by atoms with van der Waals surface area (Å²) >= 11 is 0. The molecule has 3 N–H and O–H groups in total. The van der Waals surface area contributed by atoms with Crippen molar-refractivity contribution in [3.05, 3.63) is 63.7 Å². The van der Waals surface area contributed by atoms with Crippen molar-refractivity contribution in [3.8, 4) is 0 Å². The molecule has 0 aliphatic rings. The molecule has 0 heterocycles. The van der Waals surface area contributed by atoms with E-state index in [4.69, 9.17) is 0 Å². The van der Waals surface area contributed by atoms with Gasteiger partial charge in [0.1, 0.15) is 5.69 Å². The second-order valence-electron chi connectivity index (χ2n) is 6.53. The van der Waals surface area contributed by atoms with Crippen molar-refractivity contribution in [1.29, 1.82) is 0 Å². The standard InChI is InChI=1S/C20H24N4O4/c1-4-14-7-5-6-8-16(14)23-19(25)12-21-17-10-9-15(11-18(17)24(27)28)20(26)22-13(2)3/h5-11,13,21H,4,12H2,1-3H3,(H,22,26)(H,23,25). The maximum atomic E-state index is 12.2. The molecule has 0 radical (unpaired) electrons. The lowest BCUT2D eigenvalue weighted by molar-refractivity contribution is -0.384. The molecule has 8 heteroatoms. The topological polar surface area (TPSA) is 113 Å². The molecular formula is C20H24N4O4. The minimum atomic E-state index is -0.585. The molecule has 0 fully saturated rings. The molecule has 0 saturated carbocycles. The SMILES string of the molecule is CCc1ccccc1NC(=O)CNc1ccc(C(=O)NC(C)C)cc1[N+](=O)[O-]. The minimum Gasteiger partial charge on any atom is -0.371 e. The Morgan fingerprint density at radius 3 is 2.46 bits per heavy atom. The van der Waals surface area contributed by atoms with Gasteiger partial charge in [-0.1, -0.05) is 25.1 Å². The van der Waals surface area contributed by atoms with Gasteiger partial charge in [0.25, 0.3) is 11.6 Å². The van der Waals surface area contributed by atoms with E-state index in [1.54, 1.807) is 19.9 Å². The Morgan fingerprint density at radius 1 is 1.11 bits per heavy atom. The number of nitrogens with one attached hydrogen (secondary N) is 3. The Kier molecular flexibility index (Phi) is 7.08. The summed E-state index contributed by atoms with van der Waals surface area (Å²) in [5.74, 6) is -0.713. The summed E-state index contributed by atoms with van der Waals surface area (Å²) in [5, 5.41) is 19.6. The second kappa shape index (κ2) is 9.50. The van der Waals surface area contributed by atoms with Crippen LogP contribution in [0.15, 0.2) is 42.5 Å². The molecule has 2 aromatic carbocycles. The van der Waals surface area contributed by atoms with E-state index in [1.165, 1.54) is 18.2 Å². The Labute approximate surface area is 163 Å². The van der Waals surface area contributed by atoms with Crippen molar-refractivity contribution in [3.63, 3.8) is 0 Å². The number of amides is 2. The fourth-order valence-corrected chi connectivity index (χ4v) is 2.64. The van der Waals surface area contributed by atoms with Crippen LogP contribution in [0.3, 0.4) is 0 Å². The summed E-state index contributed by atoms with van der Waals surface area (Å²) in [6, 6.07) is 11.5. The second-order valence-corrected chi connectivity index (χ2v) is 6.53. The molecule has 8 nitrogen and oxygen atoms in total. The molecule has 148 valence electrons. The molecular weight excluding hydrogens is 360 g/mol. The molecule has 28 heavy (non-hydrogen) atoms. The zero-order valence-electron chi connectivity index (χ0n) is 16.1. The van der Waals surface area contributed by atoms with Crippen LogP contribution in [-0.4, -0.2) is 29.3 Å². The van der Waals surface area contributed by atoms with Crippen LogP contribution in [0.1, 0.15) is 36.7 Å². The normalized spacial score (nSPS) is 10.4. The van der Waals surface area contributed by atoms with E-state index in [9.17, 15) is 19.7 Å². The average Bonchev–Trinajstić information content (AvgIpc) is 2.66. The molecule has 0 saturated heterocycles. The highest BCUT2D eigenvalue weighted by Crippen LogP contribution is 2.25. The molecule has 0 aliphatic carbocycles. The summed E-state index contributed by atoms with van der Waals surface area (Å²) < 4.78 is 0. The predicted octanol–water partition coefficient (Wildman–Crippen LogP) is 3.35. The number of nitro groups is 1. The number of hydrogen-bond acceptors (Lipinski definition) is 5. The lowest BCUT2D eigenvalue weighted by atomic mass is 10.1. The summed E-state index contributed by atoms with van der Waals surface area (Å²) in [6.45, 7) is 5.45. The molecule has 0 aliphatic heterocycles. The van der Waals surface area contributed by atoms with E-state index < -0.39 is 10.8 Å². The van der Waals surface area contributed by atoms with Gasteiger partial charge >= 0.3 is 0 Å². The molecule has 0 aromatic heterocycles. The zero-order valence-corrected chi connectivity index (χ0v) is 16.1. The van der Waals surface area contributed by atoms with Crippen LogP contribution in [0.4, 0.5) is 17.1 Å². The third kappa shape index (κ3) is 5.54. The van der Waals surface area contributed by atoms with Crippen LogP contribution in [0.2, 0.25) is 0 Å². The van der Waals surface area contributed by atoms with Crippen molar-refractivity contribution in [2.24, 2.45) is 0 Å². The van der Waals surface area contributed by atoms with Crippen LogP contribution in [0, 0.1) is 10.1 Å². The lowest BCUT2D eigenvalue weighted by Crippen LogP contribution is -2.30. The summed E-state index contributed by atoms with van der Waals surface area (Å²) in [4.78, 5) is 35.1. The zero-order chi connectivity index (χ0) is 20.7. The van der Waals surface area contributed by atoms with Crippen molar-refractivity contribution >= 4 is 28.9 Å². The molecule has 0 bridgehead atoms. The van der Waals surface area contributed by atoms with Gasteiger partial charge in [-0.05, 0) is 44.0 Å². The molecule has 2 rings (SSSR count). The van der Waals surface area contributed by atoms with Gasteiger partial charge in [0.2, 0.25) is 5.91 Å². The number of anilines is 2. The van der Waals surface area contributed by atoms with Crippen molar-refractivity contribution in [1.82, 2.24) is 5.32 Å². The van der Waals surface area contributed by atoms with Crippen LogP contribution < -0.4 is 16.0 Å². The summed E-state index contributed by atoms with van der Waals surface area (Å²) in [7, 11) is 0. The van der Waals surface area contributed by atoms with E-state index >= 15 is 0 Å². The highest BCUT2D eigenvalue weighted by molar-refractivity contribution is 5.97. The number of nitrogens with zero attached hydrogens (tertiary/aromatic N) is 1. The third-order valence-electron chi connectivity index (χ3n) is 3.99. The van der Waals surface area contributed by atoms with Crippen molar-refractivity contribution < 1.29 is 14.5 Å². The molecule has 0 spiro atoms. The molecule has 2 amide bonds. The Hall–Kier alpha value is -3.42. The summed E-state index contributed by atoms with van der Waals surface area (Å²) in [6.07, 6.45) is 0.773. The highest BCUT2D eigenvalue weighted by Gasteiger charge is 2.18. The number of benzene rings is 2. The van der Waals surface area contributed by atoms with Gasteiger partial charge in [-0.3, -0.25) is 19.7 Å². The first-order valence-corrected chi connectivity index (χ1v) is 9.02. The number of aryl methyl sites for hydroxylation is 1. The van der Waals surface area contributed by atoms with E-state index in [0.717, 1.165) is 12.0 Å². The average molecular weight is 384 g/mol. The van der Waals surface area contributed by atoms with Crippen LogP contribution in [0.5, 0.6) is 0 Å². The first-order chi connectivity index (χ1) is 13.3. The van der Waals surface area contributed by atoms with Gasteiger partial charge < -0.3 is 16.0 Å². The van der Waals surface area contributed by atoms with Crippen molar-refractivity contribution in [2.75, 3.05) is 17.2 Å². The predicted molar refractivity (Wildman–Crippen MR) is 109 cm³/mol. The van der Waals surface area contributed by atoms with Crippen LogP contribution in [0.25, 0.3) is 0 Å². The smallest absolute Gasteiger partial charge is 0.293 e. The fourth-order valence-electron chi connectivity index (χ4n) is 2.64. The number of nitro benzene ring substituents is 1. The number of para-hydroxylation sites is 1. The quantitative estimate of drug-likeness (QED) is 0.477. The maximum Gasteiger partial charge on any atom is 0.293 e. The first kappa shape index (κ1) is 20.9. The van der Waals surface area contributed by atoms with Gasteiger partial charge in [-0.15, -0.1) is 0 Å². The van der Waals surface area contributed by atoms with E-state index in [0.29, 0.717) is 5.69 Å². The first-order valence-electron chi connectivity index (χ1n) is 9.02.